The van der Waals surface area contributed by atoms with Crippen molar-refractivity contribution in [1.29, 1.82) is 0 Å². The Labute approximate surface area is 142 Å². The van der Waals surface area contributed by atoms with Crippen molar-refractivity contribution in [2.75, 3.05) is 36.6 Å². The zero-order chi connectivity index (χ0) is 17.6. The molecule has 1 aliphatic rings. The lowest BCUT2D eigenvalue weighted by Crippen LogP contribution is -2.37. The van der Waals surface area contributed by atoms with Gasteiger partial charge in [-0.05, 0) is 6.07 Å². The first-order valence-electron chi connectivity index (χ1n) is 7.53. The maximum Gasteiger partial charge on any atom is 0.278 e. The van der Waals surface area contributed by atoms with Crippen molar-refractivity contribution in [3.05, 3.63) is 52.0 Å². The van der Waals surface area contributed by atoms with Gasteiger partial charge in [-0.15, -0.1) is 0 Å². The van der Waals surface area contributed by atoms with Gasteiger partial charge in [-0.2, -0.15) is 10.1 Å². The number of anilines is 2. The van der Waals surface area contributed by atoms with Crippen LogP contribution in [0.4, 0.5) is 21.8 Å². The van der Waals surface area contributed by atoms with E-state index in [-0.39, 0.29) is 17.5 Å². The number of aromatic nitrogens is 2. The normalized spacial score (nSPS) is 14.7. The number of ether oxygens (including phenoxy) is 1. The van der Waals surface area contributed by atoms with E-state index in [1.807, 2.05) is 0 Å². The molecular formula is C15H15FN6O3. The van der Waals surface area contributed by atoms with Crippen molar-refractivity contribution in [3.63, 3.8) is 0 Å². The molecule has 0 unspecified atom stereocenters. The van der Waals surface area contributed by atoms with Crippen molar-refractivity contribution in [2.45, 2.75) is 0 Å². The Bertz CT molecular complexity index is 795. The zero-order valence-electron chi connectivity index (χ0n) is 13.1. The molecule has 0 amide bonds. The third-order valence-corrected chi connectivity index (χ3v) is 3.54. The minimum Gasteiger partial charge on any atom is -0.378 e. The Hall–Kier alpha value is -3.14. The highest BCUT2D eigenvalue weighted by Crippen LogP contribution is 2.19. The minimum atomic E-state index is -0.532. The summed E-state index contributed by atoms with van der Waals surface area (Å²) >= 11 is 0. The fourth-order valence-corrected chi connectivity index (χ4v) is 2.33. The van der Waals surface area contributed by atoms with Gasteiger partial charge in [-0.3, -0.25) is 10.1 Å². The van der Waals surface area contributed by atoms with Crippen LogP contribution in [-0.2, 0) is 4.74 Å². The Balaban J connectivity index is 1.74. The summed E-state index contributed by atoms with van der Waals surface area (Å²) in [5, 5.41) is 14.9. The van der Waals surface area contributed by atoms with Gasteiger partial charge in [0.15, 0.2) is 11.6 Å². The molecular weight excluding hydrogens is 331 g/mol. The van der Waals surface area contributed by atoms with Gasteiger partial charge >= 0.3 is 0 Å². The third kappa shape index (κ3) is 4.04. The van der Waals surface area contributed by atoms with E-state index < -0.39 is 10.7 Å². The second-order valence-corrected chi connectivity index (χ2v) is 5.15. The van der Waals surface area contributed by atoms with E-state index in [9.17, 15) is 14.5 Å². The monoisotopic (exact) mass is 346 g/mol. The van der Waals surface area contributed by atoms with Crippen LogP contribution in [0.3, 0.4) is 0 Å². The van der Waals surface area contributed by atoms with E-state index in [4.69, 9.17) is 4.74 Å². The summed E-state index contributed by atoms with van der Waals surface area (Å²) in [5.74, 6) is -0.269. The average Bonchev–Trinajstić information content (AvgIpc) is 2.64. The van der Waals surface area contributed by atoms with Crippen LogP contribution in [-0.4, -0.2) is 47.4 Å². The predicted molar refractivity (Wildman–Crippen MR) is 89.3 cm³/mol. The molecule has 130 valence electrons. The largest absolute Gasteiger partial charge is 0.378 e. The highest BCUT2D eigenvalue weighted by Gasteiger charge is 2.17. The lowest BCUT2D eigenvalue weighted by atomic mass is 10.2. The summed E-state index contributed by atoms with van der Waals surface area (Å²) in [6.07, 6.45) is 2.35. The van der Waals surface area contributed by atoms with Gasteiger partial charge in [0.05, 0.1) is 36.1 Å². The number of benzene rings is 1. The molecule has 1 N–H and O–H groups in total. The molecule has 1 saturated heterocycles. The van der Waals surface area contributed by atoms with Gasteiger partial charge in [-0.25, -0.2) is 14.8 Å². The lowest BCUT2D eigenvalue weighted by Gasteiger charge is -2.27. The summed E-state index contributed by atoms with van der Waals surface area (Å²) in [5.41, 5.74) is 2.83. The van der Waals surface area contributed by atoms with Gasteiger partial charge in [0.2, 0.25) is 5.95 Å². The zero-order valence-corrected chi connectivity index (χ0v) is 13.1. The van der Waals surface area contributed by atoms with Gasteiger partial charge in [0.1, 0.15) is 0 Å². The third-order valence-electron chi connectivity index (χ3n) is 3.54. The Morgan fingerprint density at radius 3 is 2.88 bits per heavy atom. The highest BCUT2D eigenvalue weighted by atomic mass is 19.1. The number of para-hydroxylation sites is 1. The predicted octanol–water partition coefficient (Wildman–Crippen LogP) is 1.81. The van der Waals surface area contributed by atoms with Crippen LogP contribution < -0.4 is 10.3 Å². The molecule has 1 aromatic heterocycles. The summed E-state index contributed by atoms with van der Waals surface area (Å²) in [6.45, 7) is 2.07. The fraction of sp³-hybridized carbons (Fsp3) is 0.267. The second-order valence-electron chi connectivity index (χ2n) is 5.15. The van der Waals surface area contributed by atoms with E-state index in [1.165, 1.54) is 12.3 Å². The van der Waals surface area contributed by atoms with Crippen molar-refractivity contribution in [1.82, 2.24) is 9.97 Å². The minimum absolute atomic E-state index is 0.0675. The van der Waals surface area contributed by atoms with Crippen molar-refractivity contribution in [3.8, 4) is 0 Å². The van der Waals surface area contributed by atoms with Gasteiger partial charge in [-0.1, -0.05) is 12.1 Å². The summed E-state index contributed by atoms with van der Waals surface area (Å²) in [6, 6.07) is 6.18. The first-order chi connectivity index (χ1) is 12.1. The molecule has 10 heteroatoms. The van der Waals surface area contributed by atoms with Crippen LogP contribution in [0.15, 0.2) is 35.6 Å². The standard InChI is InChI=1S/C15H15FN6O3/c16-12-10-17-15(19-14(12)21-5-7-25-8-6-21)20-18-9-11-3-1-2-4-13(11)22(23)24/h1-4,9-10H,5-8H2,(H,17,19,20)/b18-9-. The number of hydrazone groups is 1. The molecule has 0 spiro atoms. The van der Waals surface area contributed by atoms with E-state index >= 15 is 0 Å². The van der Waals surface area contributed by atoms with Crippen molar-refractivity contribution >= 4 is 23.7 Å². The molecule has 1 fully saturated rings. The molecule has 0 atom stereocenters. The van der Waals surface area contributed by atoms with Crippen LogP contribution in [0.25, 0.3) is 0 Å². The van der Waals surface area contributed by atoms with Crippen LogP contribution in [0, 0.1) is 15.9 Å². The number of hydrogen-bond acceptors (Lipinski definition) is 8. The number of nitrogens with one attached hydrogen (secondary N) is 1. The van der Waals surface area contributed by atoms with Crippen LogP contribution >= 0.6 is 0 Å². The SMILES string of the molecule is O=[N+]([O-])c1ccccc1/C=N\Nc1ncc(F)c(N2CCOCC2)n1. The Morgan fingerprint density at radius 1 is 1.36 bits per heavy atom. The quantitative estimate of drug-likeness (QED) is 0.500. The number of hydrogen-bond donors (Lipinski definition) is 1. The first kappa shape index (κ1) is 16.7. The van der Waals surface area contributed by atoms with Crippen LogP contribution in [0.2, 0.25) is 0 Å². The van der Waals surface area contributed by atoms with Gasteiger partial charge in [0, 0.05) is 19.2 Å². The molecule has 3 rings (SSSR count). The summed E-state index contributed by atoms with van der Waals surface area (Å²) in [4.78, 5) is 20.2. The first-order valence-corrected chi connectivity index (χ1v) is 7.53. The van der Waals surface area contributed by atoms with Crippen molar-refractivity contribution in [2.24, 2.45) is 5.10 Å². The number of nitro benzene ring substituents is 1. The smallest absolute Gasteiger partial charge is 0.278 e. The molecule has 2 heterocycles. The summed E-state index contributed by atoms with van der Waals surface area (Å²) < 4.78 is 19.2. The number of rotatable bonds is 5. The molecule has 0 saturated carbocycles. The average molecular weight is 346 g/mol. The maximum atomic E-state index is 13.9. The number of morpholine rings is 1. The molecule has 0 radical (unpaired) electrons. The van der Waals surface area contributed by atoms with Crippen molar-refractivity contribution < 1.29 is 14.1 Å². The van der Waals surface area contributed by atoms with Crippen LogP contribution in [0.5, 0.6) is 0 Å². The van der Waals surface area contributed by atoms with Gasteiger partial charge in [0.25, 0.3) is 5.69 Å². The van der Waals surface area contributed by atoms with Crippen LogP contribution in [0.1, 0.15) is 5.56 Å². The molecule has 0 bridgehead atoms. The number of nitrogens with zero attached hydrogens (tertiary/aromatic N) is 5. The summed E-state index contributed by atoms with van der Waals surface area (Å²) in [7, 11) is 0. The van der Waals surface area contributed by atoms with E-state index in [0.717, 1.165) is 6.20 Å². The molecule has 0 aliphatic carbocycles. The second kappa shape index (κ2) is 7.62. The Kier molecular flexibility index (Phi) is 5.09. The molecule has 2 aromatic rings. The number of nitro groups is 1. The highest BCUT2D eigenvalue weighted by molar-refractivity contribution is 5.85. The van der Waals surface area contributed by atoms with Gasteiger partial charge < -0.3 is 9.64 Å². The van der Waals surface area contributed by atoms with E-state index in [2.05, 4.69) is 20.5 Å². The number of halogens is 1. The van der Waals surface area contributed by atoms with E-state index in [1.54, 1.807) is 23.1 Å². The topological polar surface area (TPSA) is 106 Å². The molecule has 25 heavy (non-hydrogen) atoms. The molecule has 9 nitrogen and oxygen atoms in total. The lowest BCUT2D eigenvalue weighted by molar-refractivity contribution is -0.385. The maximum absolute atomic E-state index is 13.9. The molecule has 1 aromatic carbocycles. The fourth-order valence-electron chi connectivity index (χ4n) is 2.33. The van der Waals surface area contributed by atoms with E-state index in [0.29, 0.717) is 31.9 Å². The molecule has 1 aliphatic heterocycles. The Morgan fingerprint density at radius 2 is 2.12 bits per heavy atom.